The molecule has 1 amide bonds. The Morgan fingerprint density at radius 3 is 2.42 bits per heavy atom. The Balaban J connectivity index is 0.00000264. The summed E-state index contributed by atoms with van der Waals surface area (Å²) in [6.07, 6.45) is 5.35. The van der Waals surface area contributed by atoms with Gasteiger partial charge in [0.15, 0.2) is 0 Å². The first-order valence-electron chi connectivity index (χ1n) is 7.27. The highest BCUT2D eigenvalue weighted by Crippen LogP contribution is 2.17. The molecule has 0 aliphatic heterocycles. The molecule has 2 aromatic heterocycles. The van der Waals surface area contributed by atoms with E-state index in [-0.39, 0.29) is 36.1 Å². The van der Waals surface area contributed by atoms with Gasteiger partial charge in [0.2, 0.25) is 5.91 Å². The van der Waals surface area contributed by atoms with Crippen LogP contribution in [0.15, 0.2) is 30.7 Å². The van der Waals surface area contributed by atoms with E-state index in [9.17, 15) is 4.79 Å². The van der Waals surface area contributed by atoms with Crippen LogP contribution < -0.4 is 11.1 Å². The zero-order chi connectivity index (χ0) is 16.3. The highest BCUT2D eigenvalue weighted by molar-refractivity contribution is 5.85. The Labute approximate surface area is 155 Å². The monoisotopic (exact) mass is 373 g/mol. The van der Waals surface area contributed by atoms with Gasteiger partial charge in [-0.1, -0.05) is 26.8 Å². The molecule has 8 heteroatoms. The third kappa shape index (κ3) is 5.47. The molecule has 0 unspecified atom stereocenters. The minimum absolute atomic E-state index is 0. The fourth-order valence-electron chi connectivity index (χ4n) is 1.98. The Bertz CT molecular complexity index is 649. The van der Waals surface area contributed by atoms with Gasteiger partial charge >= 0.3 is 0 Å². The summed E-state index contributed by atoms with van der Waals surface area (Å²) in [4.78, 5) is 20.6. The molecule has 0 saturated carbocycles. The van der Waals surface area contributed by atoms with Crippen molar-refractivity contribution >= 4 is 30.7 Å². The van der Waals surface area contributed by atoms with Crippen molar-refractivity contribution in [2.24, 2.45) is 11.1 Å². The van der Waals surface area contributed by atoms with Crippen molar-refractivity contribution in [3.63, 3.8) is 0 Å². The molecule has 0 bridgehead atoms. The van der Waals surface area contributed by atoms with Gasteiger partial charge in [-0.25, -0.2) is 9.97 Å². The summed E-state index contributed by atoms with van der Waals surface area (Å²) in [5.74, 6) is 1.53. The van der Waals surface area contributed by atoms with Gasteiger partial charge in [-0.05, 0) is 24.0 Å². The van der Waals surface area contributed by atoms with E-state index in [4.69, 9.17) is 5.73 Å². The van der Waals surface area contributed by atoms with Gasteiger partial charge in [0.1, 0.15) is 11.6 Å². The van der Waals surface area contributed by atoms with Gasteiger partial charge in [-0.2, -0.15) is 0 Å². The van der Waals surface area contributed by atoms with E-state index in [1.807, 2.05) is 50.6 Å². The lowest BCUT2D eigenvalue weighted by atomic mass is 9.87. The Morgan fingerprint density at radius 1 is 1.29 bits per heavy atom. The first-order valence-corrected chi connectivity index (χ1v) is 7.27. The number of nitrogens with one attached hydrogen (secondary N) is 1. The summed E-state index contributed by atoms with van der Waals surface area (Å²) in [6, 6.07) is 3.30. The summed E-state index contributed by atoms with van der Waals surface area (Å²) in [5.41, 5.74) is 6.59. The molecule has 24 heavy (non-hydrogen) atoms. The van der Waals surface area contributed by atoms with Crippen molar-refractivity contribution in [1.29, 1.82) is 0 Å². The van der Waals surface area contributed by atoms with Crippen molar-refractivity contribution in [1.82, 2.24) is 19.9 Å². The molecular weight excluding hydrogens is 349 g/mol. The lowest BCUT2D eigenvalue weighted by molar-refractivity contribution is -0.124. The second-order valence-corrected chi connectivity index (χ2v) is 6.43. The van der Waals surface area contributed by atoms with Crippen LogP contribution >= 0.6 is 24.8 Å². The van der Waals surface area contributed by atoms with Crippen LogP contribution in [0.2, 0.25) is 0 Å². The van der Waals surface area contributed by atoms with E-state index in [1.165, 1.54) is 0 Å². The predicted octanol–water partition coefficient (Wildman–Crippen LogP) is 2.41. The van der Waals surface area contributed by atoms with E-state index < -0.39 is 6.04 Å². The van der Waals surface area contributed by atoms with Crippen LogP contribution in [-0.2, 0) is 11.3 Å². The number of aryl methyl sites for hydroxylation is 1. The van der Waals surface area contributed by atoms with Crippen molar-refractivity contribution in [3.05, 3.63) is 42.1 Å². The molecule has 2 heterocycles. The number of carbonyl (C=O) groups is 1. The highest BCUT2D eigenvalue weighted by Gasteiger charge is 2.27. The van der Waals surface area contributed by atoms with E-state index in [2.05, 4.69) is 15.3 Å². The number of halogens is 2. The predicted molar refractivity (Wildman–Crippen MR) is 99.9 cm³/mol. The molecule has 2 aromatic rings. The number of aromatic nitrogens is 3. The molecular formula is C16H25Cl2N5O. The molecule has 0 aliphatic carbocycles. The minimum atomic E-state index is -0.534. The maximum absolute atomic E-state index is 12.0. The van der Waals surface area contributed by atoms with Crippen LogP contribution in [0.3, 0.4) is 0 Å². The number of hydrogen-bond acceptors (Lipinski definition) is 4. The number of nitrogens with two attached hydrogens (primary N) is 1. The standard InChI is InChI=1S/C16H23N5O.2ClH/c1-11-18-7-8-21(11)13-6-5-12(9-19-13)10-20-15(22)14(17)16(2,3)4;;/h5-9,14H,10,17H2,1-4H3,(H,20,22);2*1H/t14-;;/m1../s1. The van der Waals surface area contributed by atoms with Crippen molar-refractivity contribution in [3.8, 4) is 5.82 Å². The molecule has 0 aromatic carbocycles. The van der Waals surface area contributed by atoms with E-state index in [1.54, 1.807) is 12.4 Å². The third-order valence-electron chi connectivity index (χ3n) is 3.56. The number of rotatable bonds is 4. The molecule has 3 N–H and O–H groups in total. The third-order valence-corrected chi connectivity index (χ3v) is 3.56. The quantitative estimate of drug-likeness (QED) is 0.861. The lowest BCUT2D eigenvalue weighted by Gasteiger charge is -2.25. The Morgan fingerprint density at radius 2 is 1.96 bits per heavy atom. The lowest BCUT2D eigenvalue weighted by Crippen LogP contribution is -2.48. The summed E-state index contributed by atoms with van der Waals surface area (Å²) in [5, 5.41) is 2.85. The first-order chi connectivity index (χ1) is 10.3. The largest absolute Gasteiger partial charge is 0.351 e. The fourth-order valence-corrected chi connectivity index (χ4v) is 1.98. The number of carbonyl (C=O) groups excluding carboxylic acids is 1. The average Bonchev–Trinajstić information content (AvgIpc) is 2.89. The molecule has 6 nitrogen and oxygen atoms in total. The van der Waals surface area contributed by atoms with Gasteiger partial charge in [0.25, 0.3) is 0 Å². The zero-order valence-corrected chi connectivity index (χ0v) is 15.9. The second-order valence-electron chi connectivity index (χ2n) is 6.43. The van der Waals surface area contributed by atoms with Crippen LogP contribution in [0.1, 0.15) is 32.2 Å². The smallest absolute Gasteiger partial charge is 0.237 e. The molecule has 0 aliphatic rings. The first kappa shape index (κ1) is 22.4. The maximum Gasteiger partial charge on any atom is 0.237 e. The molecule has 0 saturated heterocycles. The van der Waals surface area contributed by atoms with Gasteiger partial charge in [-0.15, -0.1) is 24.8 Å². The molecule has 2 rings (SSSR count). The Hall–Kier alpha value is -1.63. The number of amides is 1. The summed E-state index contributed by atoms with van der Waals surface area (Å²) >= 11 is 0. The van der Waals surface area contributed by atoms with E-state index >= 15 is 0 Å². The molecule has 1 atom stereocenters. The van der Waals surface area contributed by atoms with Gasteiger partial charge in [0, 0.05) is 25.1 Å². The molecule has 0 fully saturated rings. The highest BCUT2D eigenvalue weighted by atomic mass is 35.5. The van der Waals surface area contributed by atoms with E-state index in [0.29, 0.717) is 6.54 Å². The maximum atomic E-state index is 12.0. The second kappa shape index (κ2) is 9.01. The molecule has 0 radical (unpaired) electrons. The van der Waals surface area contributed by atoms with Crippen molar-refractivity contribution < 1.29 is 4.79 Å². The zero-order valence-electron chi connectivity index (χ0n) is 14.3. The van der Waals surface area contributed by atoms with Gasteiger partial charge < -0.3 is 11.1 Å². The Kier molecular flexibility index (Phi) is 8.40. The minimum Gasteiger partial charge on any atom is -0.351 e. The number of imidazole rings is 1. The summed E-state index contributed by atoms with van der Waals surface area (Å²) in [6.45, 7) is 8.17. The van der Waals surface area contributed by atoms with Crippen LogP contribution in [-0.4, -0.2) is 26.5 Å². The number of hydrogen-bond donors (Lipinski definition) is 2. The van der Waals surface area contributed by atoms with Crippen LogP contribution in [0.5, 0.6) is 0 Å². The van der Waals surface area contributed by atoms with Crippen LogP contribution in [0.25, 0.3) is 5.82 Å². The summed E-state index contributed by atoms with van der Waals surface area (Å²) < 4.78 is 1.90. The van der Waals surface area contributed by atoms with Crippen LogP contribution in [0, 0.1) is 12.3 Å². The summed E-state index contributed by atoms with van der Waals surface area (Å²) in [7, 11) is 0. The topological polar surface area (TPSA) is 85.8 Å². The molecule has 134 valence electrons. The van der Waals surface area contributed by atoms with Crippen molar-refractivity contribution in [2.45, 2.75) is 40.3 Å². The fraction of sp³-hybridized carbons (Fsp3) is 0.438. The van der Waals surface area contributed by atoms with E-state index in [0.717, 1.165) is 17.2 Å². The molecule has 0 spiro atoms. The SMILES string of the molecule is Cc1nccn1-c1ccc(CNC(=O)[C@@H](N)C(C)(C)C)cn1.Cl.Cl. The van der Waals surface area contributed by atoms with Crippen LogP contribution in [0.4, 0.5) is 0 Å². The average molecular weight is 374 g/mol. The number of pyridine rings is 1. The van der Waals surface area contributed by atoms with Gasteiger partial charge in [0.05, 0.1) is 6.04 Å². The number of nitrogens with zero attached hydrogens (tertiary/aromatic N) is 3. The van der Waals surface area contributed by atoms with Crippen molar-refractivity contribution in [2.75, 3.05) is 0 Å². The normalized spacial score (nSPS) is 11.9. The van der Waals surface area contributed by atoms with Gasteiger partial charge in [-0.3, -0.25) is 9.36 Å².